The first-order chi connectivity index (χ1) is 8.15. The van der Waals surface area contributed by atoms with Crippen LogP contribution in [0.1, 0.15) is 85.0 Å². The Morgan fingerprint density at radius 3 is 1.29 bits per heavy atom. The maximum atomic E-state index is 8.57. The van der Waals surface area contributed by atoms with Gasteiger partial charge in [0.1, 0.15) is 0 Å². The van der Waals surface area contributed by atoms with Gasteiger partial charge in [0.15, 0.2) is 0 Å². The molecule has 0 atom stereocenters. The molecule has 0 unspecified atom stereocenters. The second kappa shape index (κ2) is 18.3. The number of aliphatic hydroxyl groups excluding tert-OH is 2. The van der Waals surface area contributed by atoms with E-state index in [1.165, 1.54) is 57.8 Å². The molecular weight excluding hydrogens is 212 g/mol. The van der Waals surface area contributed by atoms with Gasteiger partial charge >= 0.3 is 0 Å². The lowest BCUT2D eigenvalue weighted by atomic mass is 10.1. The molecule has 17 heavy (non-hydrogen) atoms. The van der Waals surface area contributed by atoms with Crippen LogP contribution in [-0.4, -0.2) is 22.9 Å². The van der Waals surface area contributed by atoms with Gasteiger partial charge in [0.2, 0.25) is 0 Å². The van der Waals surface area contributed by atoms with Gasteiger partial charge in [0.05, 0.1) is 0 Å². The van der Waals surface area contributed by atoms with E-state index < -0.39 is 0 Å². The molecule has 2 nitrogen and oxygen atoms in total. The molecule has 0 saturated carbocycles. The number of hydrogen-bond acceptors (Lipinski definition) is 2. The molecule has 106 valence electrons. The van der Waals surface area contributed by atoms with Gasteiger partial charge in [0, 0.05) is 12.7 Å². The number of aliphatic hydroxyl groups is 2. The first-order valence-electron chi connectivity index (χ1n) is 7.44. The van der Waals surface area contributed by atoms with Crippen LogP contribution >= 0.6 is 0 Å². The van der Waals surface area contributed by atoms with Crippen molar-refractivity contribution in [2.45, 2.75) is 91.1 Å². The predicted octanol–water partition coefficient (Wildman–Crippen LogP) is 4.29. The minimum atomic E-state index is -0.167. The van der Waals surface area contributed by atoms with Crippen molar-refractivity contribution >= 4 is 0 Å². The van der Waals surface area contributed by atoms with Crippen LogP contribution in [0.15, 0.2) is 0 Å². The molecule has 0 aromatic rings. The molecule has 2 N–H and O–H groups in total. The molecule has 0 bridgehead atoms. The zero-order chi connectivity index (χ0) is 13.4. The van der Waals surface area contributed by atoms with Crippen molar-refractivity contribution in [2.75, 3.05) is 6.61 Å². The van der Waals surface area contributed by atoms with E-state index >= 15 is 0 Å². The van der Waals surface area contributed by atoms with Crippen molar-refractivity contribution in [2.24, 2.45) is 0 Å². The van der Waals surface area contributed by atoms with Gasteiger partial charge in [-0.15, -0.1) is 0 Å². The highest BCUT2D eigenvalue weighted by atomic mass is 16.3. The van der Waals surface area contributed by atoms with Gasteiger partial charge in [-0.2, -0.15) is 0 Å². The zero-order valence-corrected chi connectivity index (χ0v) is 12.2. The average Bonchev–Trinajstić information content (AvgIpc) is 2.26. The average molecular weight is 246 g/mol. The van der Waals surface area contributed by atoms with Crippen LogP contribution in [0.4, 0.5) is 0 Å². The highest BCUT2D eigenvalue weighted by Crippen LogP contribution is 2.09. The normalized spacial score (nSPS) is 10.2. The zero-order valence-electron chi connectivity index (χ0n) is 12.2. The molecule has 0 spiro atoms. The third-order valence-electron chi connectivity index (χ3n) is 2.51. The second-order valence-corrected chi connectivity index (χ2v) is 5.00. The first kappa shape index (κ1) is 19.3. The topological polar surface area (TPSA) is 40.5 Å². The summed E-state index contributed by atoms with van der Waals surface area (Å²) < 4.78 is 0. The van der Waals surface area contributed by atoms with E-state index in [2.05, 4.69) is 6.92 Å². The molecule has 0 aromatic heterocycles. The largest absolute Gasteiger partial charge is 0.396 e. The Balaban J connectivity index is 0. The molecular formula is C15H34O2. The second-order valence-electron chi connectivity index (χ2n) is 5.00. The molecule has 0 radical (unpaired) electrons. The lowest BCUT2D eigenvalue weighted by molar-refractivity contribution is 0.216. The summed E-state index contributed by atoms with van der Waals surface area (Å²) in [5.41, 5.74) is 0. The van der Waals surface area contributed by atoms with Gasteiger partial charge in [-0.05, 0) is 20.3 Å². The molecule has 0 fully saturated rings. The molecule has 0 saturated heterocycles. The summed E-state index contributed by atoms with van der Waals surface area (Å²) in [6.07, 6.45) is 13.1. The molecule has 0 aliphatic heterocycles. The van der Waals surface area contributed by atoms with Crippen LogP contribution in [0, 0.1) is 0 Å². The predicted molar refractivity (Wildman–Crippen MR) is 76.3 cm³/mol. The van der Waals surface area contributed by atoms with Crippen molar-refractivity contribution in [1.82, 2.24) is 0 Å². The highest BCUT2D eigenvalue weighted by molar-refractivity contribution is 4.46. The van der Waals surface area contributed by atoms with E-state index in [1.807, 2.05) is 0 Å². The summed E-state index contributed by atoms with van der Waals surface area (Å²) in [5, 5.41) is 16.6. The maximum absolute atomic E-state index is 8.57. The number of rotatable bonds is 10. The van der Waals surface area contributed by atoms with E-state index in [9.17, 15) is 0 Å². The Kier molecular flexibility index (Phi) is 20.7. The van der Waals surface area contributed by atoms with Crippen molar-refractivity contribution in [1.29, 1.82) is 0 Å². The summed E-state index contributed by atoms with van der Waals surface area (Å²) in [5.74, 6) is 0. The van der Waals surface area contributed by atoms with E-state index in [4.69, 9.17) is 10.2 Å². The molecule has 0 aliphatic rings. The fourth-order valence-electron chi connectivity index (χ4n) is 1.60. The quantitative estimate of drug-likeness (QED) is 0.565. The fourth-order valence-corrected chi connectivity index (χ4v) is 1.60. The SMILES string of the molecule is CC(C)O.CCCCCCCCCCCCO. The smallest absolute Gasteiger partial charge is 0.0483 e. The lowest BCUT2D eigenvalue weighted by Gasteiger charge is -2.00. The summed E-state index contributed by atoms with van der Waals surface area (Å²) in [7, 11) is 0. The highest BCUT2D eigenvalue weighted by Gasteiger charge is 1.91. The van der Waals surface area contributed by atoms with E-state index in [-0.39, 0.29) is 6.10 Å². The minimum Gasteiger partial charge on any atom is -0.396 e. The Morgan fingerprint density at radius 1 is 0.706 bits per heavy atom. The van der Waals surface area contributed by atoms with E-state index in [1.54, 1.807) is 13.8 Å². The van der Waals surface area contributed by atoms with E-state index in [0.717, 1.165) is 6.42 Å². The lowest BCUT2D eigenvalue weighted by Crippen LogP contribution is -1.85. The van der Waals surface area contributed by atoms with Crippen LogP contribution in [-0.2, 0) is 0 Å². The molecule has 0 rings (SSSR count). The van der Waals surface area contributed by atoms with Gasteiger partial charge in [-0.3, -0.25) is 0 Å². The van der Waals surface area contributed by atoms with E-state index in [0.29, 0.717) is 6.61 Å². The monoisotopic (exact) mass is 246 g/mol. The molecule has 0 aliphatic carbocycles. The van der Waals surface area contributed by atoms with Crippen LogP contribution in [0.5, 0.6) is 0 Å². The van der Waals surface area contributed by atoms with Crippen molar-refractivity contribution in [3.63, 3.8) is 0 Å². The molecule has 0 aromatic carbocycles. The fraction of sp³-hybridized carbons (Fsp3) is 1.00. The number of hydrogen-bond donors (Lipinski definition) is 2. The molecule has 2 heteroatoms. The van der Waals surface area contributed by atoms with Crippen LogP contribution in [0.3, 0.4) is 0 Å². The summed E-state index contributed by atoms with van der Waals surface area (Å²) in [6, 6.07) is 0. The van der Waals surface area contributed by atoms with Crippen molar-refractivity contribution in [3.05, 3.63) is 0 Å². The first-order valence-corrected chi connectivity index (χ1v) is 7.44. The summed E-state index contributed by atoms with van der Waals surface area (Å²) in [6.45, 7) is 6.07. The molecule has 0 heterocycles. The van der Waals surface area contributed by atoms with Gasteiger partial charge in [0.25, 0.3) is 0 Å². The van der Waals surface area contributed by atoms with Crippen molar-refractivity contribution < 1.29 is 10.2 Å². The maximum Gasteiger partial charge on any atom is 0.0483 e. The van der Waals surface area contributed by atoms with Crippen LogP contribution in [0.25, 0.3) is 0 Å². The van der Waals surface area contributed by atoms with Gasteiger partial charge in [-0.1, -0.05) is 64.7 Å². The third kappa shape index (κ3) is 31.3. The number of unbranched alkanes of at least 4 members (excludes halogenated alkanes) is 9. The van der Waals surface area contributed by atoms with Gasteiger partial charge < -0.3 is 10.2 Å². The Bertz CT molecular complexity index is 101. The minimum absolute atomic E-state index is 0.167. The van der Waals surface area contributed by atoms with Crippen molar-refractivity contribution in [3.8, 4) is 0 Å². The standard InChI is InChI=1S/C12H26O.C3H8O/c1-2-3-4-5-6-7-8-9-10-11-12-13;1-3(2)4/h13H,2-12H2,1H3;3-4H,1-2H3. The third-order valence-corrected chi connectivity index (χ3v) is 2.51. The Morgan fingerprint density at radius 2 is 1.00 bits per heavy atom. The van der Waals surface area contributed by atoms with Gasteiger partial charge in [-0.25, -0.2) is 0 Å². The summed E-state index contributed by atoms with van der Waals surface area (Å²) >= 11 is 0. The van der Waals surface area contributed by atoms with Crippen LogP contribution < -0.4 is 0 Å². The molecule has 0 amide bonds. The Hall–Kier alpha value is -0.0800. The summed E-state index contributed by atoms with van der Waals surface area (Å²) in [4.78, 5) is 0. The Labute approximate surface area is 108 Å². The van der Waals surface area contributed by atoms with Crippen LogP contribution in [0.2, 0.25) is 0 Å².